The van der Waals surface area contributed by atoms with E-state index in [1.807, 2.05) is 0 Å². The van der Waals surface area contributed by atoms with Crippen molar-refractivity contribution in [1.29, 1.82) is 0 Å². The van der Waals surface area contributed by atoms with Gasteiger partial charge in [-0.3, -0.25) is 0 Å². The van der Waals surface area contributed by atoms with Gasteiger partial charge in [-0.05, 0) is 30.7 Å². The fraction of sp³-hybridized carbons (Fsp3) is 1.00. The molecule has 0 saturated heterocycles. The van der Waals surface area contributed by atoms with E-state index in [-0.39, 0.29) is 0 Å². The highest BCUT2D eigenvalue weighted by atomic mass is 32.1. The maximum atomic E-state index is 4.23. The highest BCUT2D eigenvalue weighted by Gasteiger charge is 2.25. The summed E-state index contributed by atoms with van der Waals surface area (Å²) in [6, 6.07) is 0. The summed E-state index contributed by atoms with van der Waals surface area (Å²) in [4.78, 5) is 0. The first kappa shape index (κ1) is 13.4. The lowest BCUT2D eigenvalue weighted by molar-refractivity contribution is 0.196. The Kier molecular flexibility index (Phi) is 6.74. The number of hydrogen-bond donors (Lipinski definition) is 2. The molecule has 0 heterocycles. The minimum Gasteiger partial charge on any atom is -0.316 e. The lowest BCUT2D eigenvalue weighted by Gasteiger charge is -2.33. The van der Waals surface area contributed by atoms with Crippen molar-refractivity contribution >= 4 is 12.6 Å². The molecule has 1 nitrogen and oxygen atoms in total. The van der Waals surface area contributed by atoms with E-state index in [9.17, 15) is 0 Å². The molecule has 15 heavy (non-hydrogen) atoms. The third-order valence-corrected chi connectivity index (χ3v) is 4.09. The summed E-state index contributed by atoms with van der Waals surface area (Å²) in [6.07, 6.45) is 7.16. The summed E-state index contributed by atoms with van der Waals surface area (Å²) in [5, 5.41) is 3.52. The summed E-state index contributed by atoms with van der Waals surface area (Å²) < 4.78 is 0. The van der Waals surface area contributed by atoms with E-state index in [0.29, 0.717) is 0 Å². The normalized spacial score (nSPS) is 29.0. The van der Waals surface area contributed by atoms with Gasteiger partial charge >= 0.3 is 0 Å². The van der Waals surface area contributed by atoms with Crippen LogP contribution in [-0.4, -0.2) is 18.8 Å². The highest BCUT2D eigenvalue weighted by Crippen LogP contribution is 2.34. The van der Waals surface area contributed by atoms with Crippen molar-refractivity contribution in [1.82, 2.24) is 5.32 Å². The molecule has 0 aromatic carbocycles. The molecule has 3 unspecified atom stereocenters. The number of thiol groups is 1. The van der Waals surface area contributed by atoms with Gasteiger partial charge in [-0.1, -0.05) is 39.5 Å². The fourth-order valence-corrected chi connectivity index (χ4v) is 3.08. The molecule has 0 aromatic heterocycles. The molecule has 1 fully saturated rings. The van der Waals surface area contributed by atoms with Gasteiger partial charge in [0, 0.05) is 12.3 Å². The highest BCUT2D eigenvalue weighted by molar-refractivity contribution is 7.80. The van der Waals surface area contributed by atoms with Gasteiger partial charge in [-0.2, -0.15) is 12.6 Å². The van der Waals surface area contributed by atoms with E-state index in [4.69, 9.17) is 0 Å². The Morgan fingerprint density at radius 2 is 2.20 bits per heavy atom. The van der Waals surface area contributed by atoms with Gasteiger partial charge in [-0.15, -0.1) is 0 Å². The minimum absolute atomic E-state index is 0.896. The Bertz CT molecular complexity index is 161. The molecule has 0 amide bonds. The predicted octanol–water partition coefficient (Wildman–Crippen LogP) is 3.36. The number of rotatable bonds is 6. The van der Waals surface area contributed by atoms with Gasteiger partial charge in [0.2, 0.25) is 0 Å². The van der Waals surface area contributed by atoms with E-state index in [2.05, 4.69) is 31.8 Å². The van der Waals surface area contributed by atoms with E-state index < -0.39 is 0 Å². The van der Waals surface area contributed by atoms with Crippen LogP contribution in [0.3, 0.4) is 0 Å². The third-order valence-electron chi connectivity index (χ3n) is 3.86. The van der Waals surface area contributed by atoms with Gasteiger partial charge in [0.1, 0.15) is 0 Å². The van der Waals surface area contributed by atoms with Crippen LogP contribution in [0.5, 0.6) is 0 Å². The maximum absolute atomic E-state index is 4.23. The van der Waals surface area contributed by atoms with E-state index >= 15 is 0 Å². The molecule has 0 radical (unpaired) electrons. The van der Waals surface area contributed by atoms with Gasteiger partial charge < -0.3 is 5.32 Å². The average Bonchev–Trinajstić information content (AvgIpc) is 2.24. The summed E-state index contributed by atoms with van der Waals surface area (Å²) in [7, 11) is 0. The zero-order valence-corrected chi connectivity index (χ0v) is 11.2. The lowest BCUT2D eigenvalue weighted by Crippen LogP contribution is -2.31. The first-order chi connectivity index (χ1) is 7.27. The first-order valence-electron chi connectivity index (χ1n) is 6.59. The van der Waals surface area contributed by atoms with Crippen LogP contribution in [-0.2, 0) is 0 Å². The minimum atomic E-state index is 0.896. The molecular formula is C13H27NS. The molecule has 2 heteroatoms. The smallest absolute Gasteiger partial charge is 0.00398 e. The Morgan fingerprint density at radius 3 is 2.80 bits per heavy atom. The molecule has 3 atom stereocenters. The van der Waals surface area contributed by atoms with Crippen molar-refractivity contribution in [3.8, 4) is 0 Å². The summed E-state index contributed by atoms with van der Waals surface area (Å²) in [5.41, 5.74) is 0. The second kappa shape index (κ2) is 7.56. The van der Waals surface area contributed by atoms with Crippen LogP contribution in [0.2, 0.25) is 0 Å². The van der Waals surface area contributed by atoms with Crippen LogP contribution in [0.15, 0.2) is 0 Å². The monoisotopic (exact) mass is 229 g/mol. The molecule has 1 saturated carbocycles. The average molecular weight is 229 g/mol. The molecule has 90 valence electrons. The van der Waals surface area contributed by atoms with Crippen LogP contribution in [0.1, 0.15) is 46.0 Å². The third kappa shape index (κ3) is 4.78. The van der Waals surface area contributed by atoms with Gasteiger partial charge in [-0.25, -0.2) is 0 Å². The van der Waals surface area contributed by atoms with Crippen molar-refractivity contribution in [2.45, 2.75) is 46.0 Å². The molecule has 1 aliphatic carbocycles. The topological polar surface area (TPSA) is 12.0 Å². The van der Waals surface area contributed by atoms with E-state index in [0.717, 1.165) is 30.1 Å². The fourth-order valence-electron chi connectivity index (χ4n) is 2.92. The molecular weight excluding hydrogens is 202 g/mol. The number of hydrogen-bond acceptors (Lipinski definition) is 2. The zero-order chi connectivity index (χ0) is 11.1. The van der Waals surface area contributed by atoms with E-state index in [1.165, 1.54) is 38.6 Å². The van der Waals surface area contributed by atoms with Crippen LogP contribution < -0.4 is 5.32 Å². The van der Waals surface area contributed by atoms with Crippen molar-refractivity contribution in [3.63, 3.8) is 0 Å². The molecule has 0 aliphatic heterocycles. The van der Waals surface area contributed by atoms with Gasteiger partial charge in [0.25, 0.3) is 0 Å². The lowest BCUT2D eigenvalue weighted by atomic mass is 9.75. The van der Waals surface area contributed by atoms with Crippen LogP contribution in [0.4, 0.5) is 0 Å². The quantitative estimate of drug-likeness (QED) is 0.526. The largest absolute Gasteiger partial charge is 0.316 e. The van der Waals surface area contributed by atoms with Crippen LogP contribution in [0.25, 0.3) is 0 Å². The Morgan fingerprint density at radius 1 is 1.40 bits per heavy atom. The van der Waals surface area contributed by atoms with Crippen molar-refractivity contribution in [2.75, 3.05) is 18.8 Å². The SMILES string of the molecule is CCC(CNCCS)C1CCCC(C)C1. The second-order valence-corrected chi connectivity index (χ2v) is 5.58. The van der Waals surface area contributed by atoms with Crippen LogP contribution >= 0.6 is 12.6 Å². The Balaban J connectivity index is 2.29. The van der Waals surface area contributed by atoms with Crippen molar-refractivity contribution < 1.29 is 0 Å². The Hall–Kier alpha value is 0.310. The van der Waals surface area contributed by atoms with Crippen molar-refractivity contribution in [3.05, 3.63) is 0 Å². The molecule has 1 N–H and O–H groups in total. The molecule has 0 bridgehead atoms. The molecule has 1 aliphatic rings. The van der Waals surface area contributed by atoms with Gasteiger partial charge in [0.05, 0.1) is 0 Å². The standard InChI is InChI=1S/C13H27NS/c1-3-12(10-14-7-8-15)13-6-4-5-11(2)9-13/h11-15H,3-10H2,1-2H3. The van der Waals surface area contributed by atoms with Crippen molar-refractivity contribution in [2.24, 2.45) is 17.8 Å². The molecule has 0 aromatic rings. The second-order valence-electron chi connectivity index (χ2n) is 5.13. The van der Waals surface area contributed by atoms with E-state index in [1.54, 1.807) is 0 Å². The number of nitrogens with one attached hydrogen (secondary N) is 1. The Labute approximate surface area is 101 Å². The first-order valence-corrected chi connectivity index (χ1v) is 7.22. The molecule has 1 rings (SSSR count). The summed E-state index contributed by atoms with van der Waals surface area (Å²) >= 11 is 4.23. The summed E-state index contributed by atoms with van der Waals surface area (Å²) in [6.45, 7) is 7.02. The maximum Gasteiger partial charge on any atom is 0.00398 e. The molecule has 0 spiro atoms. The predicted molar refractivity (Wildman–Crippen MR) is 71.6 cm³/mol. The zero-order valence-electron chi connectivity index (χ0n) is 10.3. The van der Waals surface area contributed by atoms with Gasteiger partial charge in [0.15, 0.2) is 0 Å². The van der Waals surface area contributed by atoms with Crippen LogP contribution in [0, 0.1) is 17.8 Å². The summed E-state index contributed by atoms with van der Waals surface area (Å²) in [5.74, 6) is 3.79.